The van der Waals surface area contributed by atoms with Gasteiger partial charge < -0.3 is 15.2 Å². The molecule has 1 saturated heterocycles. The lowest BCUT2D eigenvalue weighted by molar-refractivity contribution is -0.154. The van der Waals surface area contributed by atoms with Gasteiger partial charge in [-0.1, -0.05) is 13.8 Å². The summed E-state index contributed by atoms with van der Waals surface area (Å²) in [6.45, 7) is 4.89. The van der Waals surface area contributed by atoms with Gasteiger partial charge >= 0.3 is 5.97 Å². The molecule has 3 unspecified atom stereocenters. The Morgan fingerprint density at radius 2 is 2.00 bits per heavy atom. The molecule has 1 amide bonds. The maximum atomic E-state index is 12.1. The Morgan fingerprint density at radius 3 is 2.56 bits per heavy atom. The molecule has 3 aliphatic rings. The zero-order valence-electron chi connectivity index (χ0n) is 10.7. The summed E-state index contributed by atoms with van der Waals surface area (Å²) in [6.07, 6.45) is 2.10. The fourth-order valence-electron chi connectivity index (χ4n) is 3.56. The van der Waals surface area contributed by atoms with Gasteiger partial charge in [-0.25, -0.2) is 0 Å². The first-order chi connectivity index (χ1) is 8.39. The van der Waals surface area contributed by atoms with E-state index in [4.69, 9.17) is 9.84 Å². The highest BCUT2D eigenvalue weighted by molar-refractivity contribution is 6.05. The van der Waals surface area contributed by atoms with Crippen LogP contribution in [0.15, 0.2) is 0 Å². The summed E-state index contributed by atoms with van der Waals surface area (Å²) in [5.74, 6) is -0.941. The second-order valence-electron chi connectivity index (χ2n) is 6.40. The third kappa shape index (κ3) is 1.37. The second kappa shape index (κ2) is 3.47. The summed E-state index contributed by atoms with van der Waals surface area (Å²) in [6, 6.07) is 0.0503. The van der Waals surface area contributed by atoms with E-state index in [1.165, 1.54) is 0 Å². The van der Waals surface area contributed by atoms with Gasteiger partial charge in [-0.15, -0.1) is 0 Å². The number of amides is 1. The van der Waals surface area contributed by atoms with Crippen molar-refractivity contribution in [2.24, 2.45) is 16.7 Å². The minimum atomic E-state index is -1.14. The largest absolute Gasteiger partial charge is 0.480 e. The van der Waals surface area contributed by atoms with Crippen LogP contribution in [0.2, 0.25) is 0 Å². The molecule has 100 valence electrons. The minimum Gasteiger partial charge on any atom is -0.480 e. The van der Waals surface area contributed by atoms with Gasteiger partial charge in [0, 0.05) is 24.0 Å². The molecule has 2 aliphatic carbocycles. The topological polar surface area (TPSA) is 75.6 Å². The maximum absolute atomic E-state index is 12.1. The van der Waals surface area contributed by atoms with E-state index in [2.05, 4.69) is 19.2 Å². The number of aliphatic carboxylic acids is 1. The highest BCUT2D eigenvalue weighted by Gasteiger charge is 2.63. The van der Waals surface area contributed by atoms with E-state index < -0.39 is 11.4 Å². The first-order valence-electron chi connectivity index (χ1n) is 6.55. The Labute approximate surface area is 106 Å². The predicted octanol–water partition coefficient (Wildman–Crippen LogP) is 0.781. The van der Waals surface area contributed by atoms with Crippen molar-refractivity contribution in [3.63, 3.8) is 0 Å². The van der Waals surface area contributed by atoms with Gasteiger partial charge in [0.05, 0.1) is 6.10 Å². The molecular formula is C13H19NO4. The molecule has 0 spiro atoms. The molecule has 0 aromatic heterocycles. The Hall–Kier alpha value is -1.10. The lowest BCUT2D eigenvalue weighted by Gasteiger charge is -2.54. The first-order valence-corrected chi connectivity index (χ1v) is 6.55. The van der Waals surface area contributed by atoms with Crippen molar-refractivity contribution in [1.82, 2.24) is 5.32 Å². The van der Waals surface area contributed by atoms with E-state index >= 15 is 0 Å². The fourth-order valence-corrected chi connectivity index (χ4v) is 3.56. The van der Waals surface area contributed by atoms with Crippen LogP contribution in [-0.4, -0.2) is 35.7 Å². The van der Waals surface area contributed by atoms with Gasteiger partial charge in [0.15, 0.2) is 0 Å². The van der Waals surface area contributed by atoms with Crippen LogP contribution in [0.1, 0.15) is 33.1 Å². The number of rotatable bonds is 3. The zero-order valence-corrected chi connectivity index (χ0v) is 10.7. The van der Waals surface area contributed by atoms with Crippen LogP contribution in [0.5, 0.6) is 0 Å². The molecule has 3 fully saturated rings. The molecule has 3 rings (SSSR count). The Kier molecular flexibility index (Phi) is 2.31. The van der Waals surface area contributed by atoms with Crippen LogP contribution in [0.25, 0.3) is 0 Å². The first kappa shape index (κ1) is 12.0. The highest BCUT2D eigenvalue weighted by atomic mass is 16.5. The van der Waals surface area contributed by atoms with Crippen molar-refractivity contribution >= 4 is 11.9 Å². The van der Waals surface area contributed by atoms with Crippen LogP contribution in [0.3, 0.4) is 0 Å². The number of carboxylic acids is 1. The molecule has 1 heterocycles. The van der Waals surface area contributed by atoms with Crippen LogP contribution < -0.4 is 5.32 Å². The summed E-state index contributed by atoms with van der Waals surface area (Å²) in [7, 11) is 0. The monoisotopic (exact) mass is 253 g/mol. The van der Waals surface area contributed by atoms with Crippen molar-refractivity contribution in [3.05, 3.63) is 0 Å². The normalized spacial score (nSPS) is 38.4. The predicted molar refractivity (Wildman–Crippen MR) is 62.9 cm³/mol. The maximum Gasteiger partial charge on any atom is 0.319 e. The lowest BCUT2D eigenvalue weighted by atomic mass is 9.57. The third-order valence-electron chi connectivity index (χ3n) is 4.98. The van der Waals surface area contributed by atoms with E-state index in [0.29, 0.717) is 18.8 Å². The highest BCUT2D eigenvalue weighted by Crippen LogP contribution is 2.53. The smallest absolute Gasteiger partial charge is 0.319 e. The van der Waals surface area contributed by atoms with Gasteiger partial charge in [0.25, 0.3) is 0 Å². The molecule has 5 heteroatoms. The molecule has 3 atom stereocenters. The van der Waals surface area contributed by atoms with Crippen molar-refractivity contribution < 1.29 is 19.4 Å². The van der Waals surface area contributed by atoms with Gasteiger partial charge in [0.1, 0.15) is 5.41 Å². The van der Waals surface area contributed by atoms with Gasteiger partial charge in [-0.3, -0.25) is 9.59 Å². The molecule has 0 bridgehead atoms. The van der Waals surface area contributed by atoms with Crippen molar-refractivity contribution in [2.75, 3.05) is 6.61 Å². The number of nitrogens with one attached hydrogen (secondary N) is 1. The van der Waals surface area contributed by atoms with E-state index in [0.717, 1.165) is 13.0 Å². The molecule has 2 N–H and O–H groups in total. The number of carboxylic acid groups (broad SMARTS) is 1. The Morgan fingerprint density at radius 1 is 1.33 bits per heavy atom. The molecule has 0 aromatic carbocycles. The number of hydrogen-bond acceptors (Lipinski definition) is 3. The standard InChI is InChI=1S/C13H19NO4/c1-12(2)8(7-3-6-18-9(7)12)14-10(15)13(4-5-13)11(16)17/h7-9H,3-6H2,1-2H3,(H,14,15)(H,16,17). The second-order valence-corrected chi connectivity index (χ2v) is 6.40. The van der Waals surface area contributed by atoms with Gasteiger partial charge in [-0.2, -0.15) is 0 Å². The summed E-state index contributed by atoms with van der Waals surface area (Å²) in [5.41, 5.74) is -1.23. The summed E-state index contributed by atoms with van der Waals surface area (Å²) >= 11 is 0. The Balaban J connectivity index is 1.70. The number of carbonyl (C=O) groups excluding carboxylic acids is 1. The zero-order chi connectivity index (χ0) is 13.1. The van der Waals surface area contributed by atoms with E-state index in [-0.39, 0.29) is 23.5 Å². The Bertz CT molecular complexity index is 413. The van der Waals surface area contributed by atoms with E-state index in [9.17, 15) is 9.59 Å². The number of fused-ring (bicyclic) bond motifs is 1. The molecule has 0 aromatic rings. The van der Waals surface area contributed by atoms with Crippen molar-refractivity contribution in [3.8, 4) is 0 Å². The van der Waals surface area contributed by atoms with Crippen molar-refractivity contribution in [2.45, 2.75) is 45.3 Å². The number of hydrogen-bond donors (Lipinski definition) is 2. The summed E-state index contributed by atoms with van der Waals surface area (Å²) < 4.78 is 5.66. The van der Waals surface area contributed by atoms with Gasteiger partial charge in [0.2, 0.25) is 5.91 Å². The summed E-state index contributed by atoms with van der Waals surface area (Å²) in [4.78, 5) is 23.2. The average Bonchev–Trinajstić information content (AvgIpc) is 2.99. The van der Waals surface area contributed by atoms with Gasteiger partial charge in [-0.05, 0) is 19.3 Å². The van der Waals surface area contributed by atoms with Crippen LogP contribution >= 0.6 is 0 Å². The van der Waals surface area contributed by atoms with Crippen LogP contribution in [-0.2, 0) is 14.3 Å². The SMILES string of the molecule is CC1(C)C(NC(=O)C2(C(=O)O)CC2)C2CCOC21. The summed E-state index contributed by atoms with van der Waals surface area (Å²) in [5, 5.41) is 12.1. The number of ether oxygens (including phenoxy) is 1. The molecule has 0 radical (unpaired) electrons. The average molecular weight is 253 g/mol. The van der Waals surface area contributed by atoms with E-state index in [1.807, 2.05) is 0 Å². The van der Waals surface area contributed by atoms with E-state index in [1.54, 1.807) is 0 Å². The van der Waals surface area contributed by atoms with Crippen molar-refractivity contribution in [1.29, 1.82) is 0 Å². The molecule has 18 heavy (non-hydrogen) atoms. The quantitative estimate of drug-likeness (QED) is 0.729. The third-order valence-corrected chi connectivity index (χ3v) is 4.98. The van der Waals surface area contributed by atoms with Crippen LogP contribution in [0.4, 0.5) is 0 Å². The lowest BCUT2D eigenvalue weighted by Crippen LogP contribution is -2.67. The number of carbonyl (C=O) groups is 2. The molecular weight excluding hydrogens is 234 g/mol. The molecule has 5 nitrogen and oxygen atoms in total. The molecule has 1 aliphatic heterocycles. The molecule has 2 saturated carbocycles. The van der Waals surface area contributed by atoms with Crippen LogP contribution in [0, 0.1) is 16.7 Å². The minimum absolute atomic E-state index is 0.0503. The fraction of sp³-hybridized carbons (Fsp3) is 0.846.